The molecule has 14 heteroatoms. The van der Waals surface area contributed by atoms with Crippen LogP contribution in [0.2, 0.25) is 15.1 Å². The summed E-state index contributed by atoms with van der Waals surface area (Å²) in [6, 6.07) is 8.41. The molecular formula is C26H18Cl3F7N2O2. The summed E-state index contributed by atoms with van der Waals surface area (Å²) < 4.78 is 94.4. The van der Waals surface area contributed by atoms with Crippen molar-refractivity contribution in [2.24, 2.45) is 0 Å². The lowest BCUT2D eigenvalue weighted by Crippen LogP contribution is -2.47. The zero-order chi connectivity index (χ0) is 30.0. The van der Waals surface area contributed by atoms with Crippen molar-refractivity contribution in [3.8, 4) is 0 Å². The molecule has 0 aliphatic heterocycles. The van der Waals surface area contributed by atoms with Crippen LogP contribution in [-0.2, 0) is 4.79 Å². The van der Waals surface area contributed by atoms with Crippen LogP contribution in [0.1, 0.15) is 34.3 Å². The van der Waals surface area contributed by atoms with Crippen LogP contribution in [0.3, 0.4) is 0 Å². The van der Waals surface area contributed by atoms with Gasteiger partial charge in [-0.05, 0) is 47.5 Å². The molecule has 40 heavy (non-hydrogen) atoms. The molecule has 0 radical (unpaired) electrons. The first-order valence-corrected chi connectivity index (χ1v) is 12.4. The van der Waals surface area contributed by atoms with Crippen LogP contribution in [0.5, 0.6) is 0 Å². The van der Waals surface area contributed by atoms with Crippen molar-refractivity contribution in [2.45, 2.75) is 31.2 Å². The van der Waals surface area contributed by atoms with E-state index in [9.17, 15) is 35.9 Å². The molecule has 4 nitrogen and oxygen atoms in total. The third-order valence-corrected chi connectivity index (χ3v) is 6.86. The standard InChI is InChI=1S/C26H18Cl3F7N2O2/c1-12(23(39)37-11-25(31,32)33)38-24(40)17-7-6-16(14-4-2-3-5-15(14)17)21(30)10-18(26(34,35)36)13-8-19(27)22(29)20(28)9-13/h2-10,12,18H,11H2,1H3,(H,37,39)(H,38,40)/b21-10-/t12-,18?/m1/s1. The lowest BCUT2D eigenvalue weighted by atomic mass is 9.94. The molecule has 3 rings (SSSR count). The molecule has 214 valence electrons. The highest BCUT2D eigenvalue weighted by Gasteiger charge is 2.40. The van der Waals surface area contributed by atoms with Crippen molar-refractivity contribution in [1.29, 1.82) is 0 Å². The summed E-state index contributed by atoms with van der Waals surface area (Å²) >= 11 is 17.6. The Morgan fingerprint density at radius 2 is 1.43 bits per heavy atom. The number of halogens is 10. The lowest BCUT2D eigenvalue weighted by Gasteiger charge is -2.19. The minimum Gasteiger partial charge on any atom is -0.345 e. The van der Waals surface area contributed by atoms with Crippen molar-refractivity contribution in [2.75, 3.05) is 6.54 Å². The highest BCUT2D eigenvalue weighted by Crippen LogP contribution is 2.42. The molecular weight excluding hydrogens is 612 g/mol. The normalized spacial score (nSPS) is 14.1. The van der Waals surface area contributed by atoms with E-state index in [4.69, 9.17) is 34.8 Å². The number of allylic oxidation sites excluding steroid dienone is 1. The van der Waals surface area contributed by atoms with Gasteiger partial charge >= 0.3 is 12.4 Å². The highest BCUT2D eigenvalue weighted by molar-refractivity contribution is 6.48. The van der Waals surface area contributed by atoms with Crippen molar-refractivity contribution >= 4 is 63.2 Å². The molecule has 2 N–H and O–H groups in total. The first-order chi connectivity index (χ1) is 18.5. The number of carbonyl (C=O) groups is 2. The monoisotopic (exact) mass is 628 g/mol. The minimum atomic E-state index is -4.95. The molecule has 3 aromatic carbocycles. The molecule has 0 bridgehead atoms. The lowest BCUT2D eigenvalue weighted by molar-refractivity contribution is -0.139. The fourth-order valence-corrected chi connectivity index (χ4v) is 4.37. The van der Waals surface area contributed by atoms with Gasteiger partial charge in [0.25, 0.3) is 5.91 Å². The molecule has 2 atom stereocenters. The molecule has 0 aliphatic rings. The van der Waals surface area contributed by atoms with Crippen LogP contribution in [0, 0.1) is 0 Å². The van der Waals surface area contributed by atoms with Gasteiger partial charge in [-0.1, -0.05) is 65.1 Å². The predicted molar refractivity (Wildman–Crippen MR) is 139 cm³/mol. The Bertz CT molecular complexity index is 1450. The third kappa shape index (κ3) is 7.58. The maximum absolute atomic E-state index is 15.5. The van der Waals surface area contributed by atoms with Gasteiger partial charge in [0, 0.05) is 11.1 Å². The van der Waals surface area contributed by atoms with Gasteiger partial charge < -0.3 is 10.6 Å². The Labute approximate surface area is 238 Å². The van der Waals surface area contributed by atoms with E-state index >= 15 is 4.39 Å². The van der Waals surface area contributed by atoms with Crippen molar-refractivity contribution in [1.82, 2.24) is 10.6 Å². The average molecular weight is 630 g/mol. The fraction of sp³-hybridized carbons (Fsp3) is 0.231. The maximum atomic E-state index is 15.5. The number of hydrogen-bond acceptors (Lipinski definition) is 2. The predicted octanol–water partition coefficient (Wildman–Crippen LogP) is 8.25. The first kappa shape index (κ1) is 31.5. The average Bonchev–Trinajstić information content (AvgIpc) is 2.86. The van der Waals surface area contributed by atoms with Crippen molar-refractivity contribution in [3.63, 3.8) is 0 Å². The molecule has 0 saturated heterocycles. The molecule has 0 saturated carbocycles. The Kier molecular flexibility index (Phi) is 9.64. The molecule has 0 heterocycles. The molecule has 0 fully saturated rings. The van der Waals surface area contributed by atoms with E-state index in [0.29, 0.717) is 6.08 Å². The Morgan fingerprint density at radius 3 is 1.95 bits per heavy atom. The van der Waals surface area contributed by atoms with E-state index < -0.39 is 54.1 Å². The van der Waals surface area contributed by atoms with Gasteiger partial charge in [-0.25, -0.2) is 4.39 Å². The number of nitrogens with one attached hydrogen (secondary N) is 2. The van der Waals surface area contributed by atoms with E-state index in [0.717, 1.165) is 31.2 Å². The van der Waals surface area contributed by atoms with Crippen LogP contribution in [0.4, 0.5) is 30.7 Å². The van der Waals surface area contributed by atoms with Gasteiger partial charge in [-0.2, -0.15) is 26.3 Å². The van der Waals surface area contributed by atoms with Gasteiger partial charge in [0.15, 0.2) is 0 Å². The number of fused-ring (bicyclic) bond motifs is 1. The zero-order valence-corrected chi connectivity index (χ0v) is 22.4. The summed E-state index contributed by atoms with van der Waals surface area (Å²) in [4.78, 5) is 24.8. The summed E-state index contributed by atoms with van der Waals surface area (Å²) in [5, 5.41) is 3.40. The van der Waals surface area contributed by atoms with Gasteiger partial charge in [-0.3, -0.25) is 9.59 Å². The van der Waals surface area contributed by atoms with Gasteiger partial charge in [0.2, 0.25) is 5.91 Å². The van der Waals surface area contributed by atoms with Crippen LogP contribution in [-0.4, -0.2) is 36.8 Å². The van der Waals surface area contributed by atoms with Gasteiger partial charge in [-0.15, -0.1) is 0 Å². The summed E-state index contributed by atoms with van der Waals surface area (Å²) in [6.07, 6.45) is -9.26. The number of alkyl halides is 6. The Hall–Kier alpha value is -3.02. The zero-order valence-electron chi connectivity index (χ0n) is 20.2. The van der Waals surface area contributed by atoms with Crippen LogP contribution < -0.4 is 10.6 Å². The van der Waals surface area contributed by atoms with E-state index in [1.165, 1.54) is 24.3 Å². The van der Waals surface area contributed by atoms with E-state index in [1.807, 2.05) is 0 Å². The Morgan fingerprint density at radius 1 is 0.900 bits per heavy atom. The molecule has 0 aromatic heterocycles. The number of hydrogen-bond donors (Lipinski definition) is 2. The molecule has 0 aliphatic carbocycles. The topological polar surface area (TPSA) is 58.2 Å². The molecule has 3 aromatic rings. The van der Waals surface area contributed by atoms with Crippen LogP contribution in [0.25, 0.3) is 16.6 Å². The van der Waals surface area contributed by atoms with Crippen LogP contribution >= 0.6 is 34.8 Å². The quantitative estimate of drug-likeness (QED) is 0.204. The summed E-state index contributed by atoms with van der Waals surface area (Å²) in [5.41, 5.74) is -0.824. The van der Waals surface area contributed by atoms with E-state index in [1.54, 1.807) is 5.32 Å². The molecule has 2 amide bonds. The second-order valence-electron chi connectivity index (χ2n) is 8.57. The largest absolute Gasteiger partial charge is 0.405 e. The first-order valence-electron chi connectivity index (χ1n) is 11.3. The summed E-state index contributed by atoms with van der Waals surface area (Å²) in [7, 11) is 0. The maximum Gasteiger partial charge on any atom is 0.405 e. The second kappa shape index (κ2) is 12.2. The second-order valence-corrected chi connectivity index (χ2v) is 9.76. The smallest absolute Gasteiger partial charge is 0.345 e. The highest BCUT2D eigenvalue weighted by atomic mass is 35.5. The number of amides is 2. The van der Waals surface area contributed by atoms with Gasteiger partial charge in [0.1, 0.15) is 24.3 Å². The summed E-state index contributed by atoms with van der Waals surface area (Å²) in [6.45, 7) is -0.433. The fourth-order valence-electron chi connectivity index (χ4n) is 3.76. The molecule has 1 unspecified atom stereocenters. The van der Waals surface area contributed by atoms with Crippen molar-refractivity contribution < 1.29 is 40.3 Å². The van der Waals surface area contributed by atoms with Crippen molar-refractivity contribution in [3.05, 3.63) is 86.4 Å². The van der Waals surface area contributed by atoms with E-state index in [2.05, 4.69) is 5.32 Å². The van der Waals surface area contributed by atoms with Gasteiger partial charge in [0.05, 0.1) is 15.1 Å². The number of benzene rings is 3. The minimum absolute atomic E-state index is 0.0613. The Balaban J connectivity index is 1.98. The molecule has 0 spiro atoms. The SMILES string of the molecule is C[C@@H](NC(=O)c1ccc(/C(F)=C/C(c2cc(Cl)c(Cl)c(Cl)c2)C(F)(F)F)c2ccccc12)C(=O)NCC(F)(F)F. The number of rotatable bonds is 7. The number of carbonyl (C=O) groups excluding carboxylic acids is 2. The summed E-state index contributed by atoms with van der Waals surface area (Å²) in [5.74, 6) is -5.70. The van der Waals surface area contributed by atoms with Crippen LogP contribution in [0.15, 0.2) is 54.6 Å². The third-order valence-electron chi connectivity index (χ3n) is 5.66. The van der Waals surface area contributed by atoms with E-state index in [-0.39, 0.29) is 37.0 Å².